The topological polar surface area (TPSA) is 45.2 Å². The summed E-state index contributed by atoms with van der Waals surface area (Å²) in [5.41, 5.74) is 1.71. The zero-order chi connectivity index (χ0) is 14.1. The number of carbonyl (C=O) groups excluding carboxylic acids is 1. The highest BCUT2D eigenvalue weighted by Gasteiger charge is 2.32. The number of hydrogen-bond donors (Lipinski definition) is 1. The van der Waals surface area contributed by atoms with Gasteiger partial charge in [-0.1, -0.05) is 25.1 Å². The highest BCUT2D eigenvalue weighted by atomic mass is 16.2. The van der Waals surface area contributed by atoms with Crippen molar-refractivity contribution in [2.45, 2.75) is 19.4 Å². The van der Waals surface area contributed by atoms with Crippen LogP contribution in [0.25, 0.3) is 10.9 Å². The molecule has 1 aromatic heterocycles. The summed E-state index contributed by atoms with van der Waals surface area (Å²) in [7, 11) is 2.01. The van der Waals surface area contributed by atoms with Crippen LogP contribution in [-0.2, 0) is 4.79 Å². The number of likely N-dealkylation sites (N-methyl/N-ethyl adjacent to an activating group) is 1. The average Bonchev–Trinajstić information content (AvgIpc) is 2.78. The Morgan fingerprint density at radius 2 is 2.20 bits per heavy atom. The van der Waals surface area contributed by atoms with Gasteiger partial charge in [0.25, 0.3) is 0 Å². The fraction of sp³-hybridized carbons (Fsp3) is 0.375. The fourth-order valence-electron chi connectivity index (χ4n) is 2.93. The molecule has 2 atom stereocenters. The summed E-state index contributed by atoms with van der Waals surface area (Å²) in [4.78, 5) is 18.8. The number of nitrogens with zero attached hydrogens (tertiary/aromatic N) is 2. The van der Waals surface area contributed by atoms with Crippen LogP contribution >= 0.6 is 0 Å². The van der Waals surface area contributed by atoms with E-state index in [1.165, 1.54) is 0 Å². The number of benzene rings is 1. The lowest BCUT2D eigenvalue weighted by Crippen LogP contribution is -2.37. The predicted octanol–water partition coefficient (Wildman–Crippen LogP) is 2.51. The smallest absolute Gasteiger partial charge is 0.241 e. The first-order valence-corrected chi connectivity index (χ1v) is 6.99. The lowest BCUT2D eigenvalue weighted by molar-refractivity contribution is -0.119. The molecule has 20 heavy (non-hydrogen) atoms. The Labute approximate surface area is 118 Å². The van der Waals surface area contributed by atoms with Gasteiger partial charge in [0, 0.05) is 11.9 Å². The number of amides is 1. The van der Waals surface area contributed by atoms with Gasteiger partial charge in [0.2, 0.25) is 5.91 Å². The van der Waals surface area contributed by atoms with E-state index in [-0.39, 0.29) is 11.9 Å². The normalized spacial score (nSPS) is 23.1. The summed E-state index contributed by atoms with van der Waals surface area (Å²) in [5.74, 6) is 0.638. The molecule has 2 aromatic rings. The number of hydrogen-bond acceptors (Lipinski definition) is 3. The second kappa shape index (κ2) is 5.21. The van der Waals surface area contributed by atoms with Crippen LogP contribution in [0.1, 0.15) is 13.3 Å². The Morgan fingerprint density at radius 1 is 1.40 bits per heavy atom. The Kier molecular flexibility index (Phi) is 3.40. The second-order valence-corrected chi connectivity index (χ2v) is 5.70. The maximum Gasteiger partial charge on any atom is 0.241 e. The summed E-state index contributed by atoms with van der Waals surface area (Å²) in [6.45, 7) is 3.16. The molecular weight excluding hydrogens is 250 g/mol. The number of aromatic nitrogens is 1. The van der Waals surface area contributed by atoms with Gasteiger partial charge in [0.1, 0.15) is 0 Å². The van der Waals surface area contributed by atoms with Crippen molar-refractivity contribution in [2.24, 2.45) is 5.92 Å². The summed E-state index contributed by atoms with van der Waals surface area (Å²) in [6, 6.07) is 9.84. The lowest BCUT2D eigenvalue weighted by Gasteiger charge is -2.18. The summed E-state index contributed by atoms with van der Waals surface area (Å²) >= 11 is 0. The molecule has 0 spiro atoms. The van der Waals surface area contributed by atoms with Crippen molar-refractivity contribution in [1.82, 2.24) is 9.88 Å². The van der Waals surface area contributed by atoms with Gasteiger partial charge in [0.05, 0.1) is 23.4 Å². The van der Waals surface area contributed by atoms with Crippen molar-refractivity contribution >= 4 is 22.5 Å². The van der Waals surface area contributed by atoms with Crippen LogP contribution in [0.5, 0.6) is 0 Å². The minimum Gasteiger partial charge on any atom is -0.323 e. The van der Waals surface area contributed by atoms with E-state index in [0.717, 1.165) is 29.6 Å². The molecule has 1 fully saturated rings. The molecule has 1 aliphatic rings. The van der Waals surface area contributed by atoms with Gasteiger partial charge in [-0.05, 0) is 31.5 Å². The molecule has 0 radical (unpaired) electrons. The maximum atomic E-state index is 12.3. The zero-order valence-corrected chi connectivity index (χ0v) is 11.8. The van der Waals surface area contributed by atoms with Gasteiger partial charge in [-0.25, -0.2) is 0 Å². The number of pyridine rings is 1. The standard InChI is InChI=1S/C16H19N3O/c1-11-7-15(19(2)10-11)16(20)18-13-8-12-5-3-4-6-14(12)17-9-13/h3-6,8-9,11,15H,7,10H2,1-2H3,(H,18,20). The van der Waals surface area contributed by atoms with Crippen molar-refractivity contribution in [2.75, 3.05) is 18.9 Å². The number of fused-ring (bicyclic) bond motifs is 1. The molecule has 1 saturated heterocycles. The van der Waals surface area contributed by atoms with Crippen molar-refractivity contribution in [3.05, 3.63) is 36.5 Å². The molecule has 0 bridgehead atoms. The van der Waals surface area contributed by atoms with E-state index >= 15 is 0 Å². The molecule has 104 valence electrons. The molecule has 0 aliphatic carbocycles. The second-order valence-electron chi connectivity index (χ2n) is 5.70. The monoisotopic (exact) mass is 269 g/mol. The Morgan fingerprint density at radius 3 is 2.95 bits per heavy atom. The molecule has 2 unspecified atom stereocenters. The molecule has 4 nitrogen and oxygen atoms in total. The van der Waals surface area contributed by atoms with E-state index in [9.17, 15) is 4.79 Å². The van der Waals surface area contributed by atoms with Gasteiger partial charge in [-0.15, -0.1) is 0 Å². The molecule has 2 heterocycles. The fourth-order valence-corrected chi connectivity index (χ4v) is 2.93. The molecule has 1 amide bonds. The quantitative estimate of drug-likeness (QED) is 0.911. The van der Waals surface area contributed by atoms with E-state index < -0.39 is 0 Å². The van der Waals surface area contributed by atoms with E-state index in [1.54, 1.807) is 6.20 Å². The van der Waals surface area contributed by atoms with E-state index in [4.69, 9.17) is 0 Å². The van der Waals surface area contributed by atoms with Crippen LogP contribution < -0.4 is 5.32 Å². The van der Waals surface area contributed by atoms with Crippen LogP contribution in [0.15, 0.2) is 36.5 Å². The van der Waals surface area contributed by atoms with Crippen LogP contribution in [0.3, 0.4) is 0 Å². The number of nitrogens with one attached hydrogen (secondary N) is 1. The first-order valence-electron chi connectivity index (χ1n) is 6.99. The first kappa shape index (κ1) is 13.1. The Hall–Kier alpha value is -1.94. The third-order valence-corrected chi connectivity index (χ3v) is 3.92. The maximum absolute atomic E-state index is 12.3. The van der Waals surface area contributed by atoms with E-state index in [0.29, 0.717) is 5.92 Å². The SMILES string of the molecule is CC1CC(C(=O)Nc2cnc3ccccc3c2)N(C)C1. The first-order chi connectivity index (χ1) is 9.63. The van der Waals surface area contributed by atoms with Crippen molar-refractivity contribution < 1.29 is 4.79 Å². The van der Waals surface area contributed by atoms with Crippen LogP contribution in [0, 0.1) is 5.92 Å². The lowest BCUT2D eigenvalue weighted by atomic mass is 10.1. The largest absolute Gasteiger partial charge is 0.323 e. The number of likely N-dealkylation sites (tertiary alicyclic amines) is 1. The van der Waals surface area contributed by atoms with E-state index in [2.05, 4.69) is 22.1 Å². The highest BCUT2D eigenvalue weighted by molar-refractivity contribution is 5.96. The minimum atomic E-state index is -0.0310. The van der Waals surface area contributed by atoms with Crippen molar-refractivity contribution in [3.8, 4) is 0 Å². The van der Waals surface area contributed by atoms with Crippen LogP contribution in [0.2, 0.25) is 0 Å². The van der Waals surface area contributed by atoms with E-state index in [1.807, 2.05) is 37.4 Å². The predicted molar refractivity (Wildman–Crippen MR) is 80.6 cm³/mol. The van der Waals surface area contributed by atoms with Gasteiger partial charge in [-0.3, -0.25) is 14.7 Å². The molecule has 1 aromatic carbocycles. The zero-order valence-electron chi connectivity index (χ0n) is 11.8. The summed E-state index contributed by atoms with van der Waals surface area (Å²) < 4.78 is 0. The molecule has 1 N–H and O–H groups in total. The number of para-hydroxylation sites is 1. The molecule has 0 saturated carbocycles. The van der Waals surface area contributed by atoms with Gasteiger partial charge in [0.15, 0.2) is 0 Å². The summed E-state index contributed by atoms with van der Waals surface area (Å²) in [5, 5.41) is 4.02. The van der Waals surface area contributed by atoms with Gasteiger partial charge >= 0.3 is 0 Å². The Balaban J connectivity index is 1.77. The van der Waals surface area contributed by atoms with Gasteiger partial charge in [-0.2, -0.15) is 0 Å². The molecule has 1 aliphatic heterocycles. The van der Waals surface area contributed by atoms with Crippen LogP contribution in [-0.4, -0.2) is 35.4 Å². The number of rotatable bonds is 2. The minimum absolute atomic E-state index is 0.0310. The average molecular weight is 269 g/mol. The Bertz CT molecular complexity index is 640. The van der Waals surface area contributed by atoms with Crippen molar-refractivity contribution in [1.29, 1.82) is 0 Å². The third kappa shape index (κ3) is 2.51. The molecular formula is C16H19N3O. The number of carbonyl (C=O) groups is 1. The summed E-state index contributed by atoms with van der Waals surface area (Å²) in [6.07, 6.45) is 2.64. The van der Waals surface area contributed by atoms with Crippen LogP contribution in [0.4, 0.5) is 5.69 Å². The van der Waals surface area contributed by atoms with Gasteiger partial charge < -0.3 is 5.32 Å². The van der Waals surface area contributed by atoms with Crippen molar-refractivity contribution in [3.63, 3.8) is 0 Å². The number of anilines is 1. The third-order valence-electron chi connectivity index (χ3n) is 3.92. The highest BCUT2D eigenvalue weighted by Crippen LogP contribution is 2.23. The molecule has 3 rings (SSSR count). The molecule has 4 heteroatoms.